The molecule has 1 atom stereocenters. The van der Waals surface area contributed by atoms with Crippen LogP contribution in [0.2, 0.25) is 5.02 Å². The van der Waals surface area contributed by atoms with Crippen molar-refractivity contribution in [2.24, 2.45) is 0 Å². The van der Waals surface area contributed by atoms with Crippen LogP contribution in [0.5, 0.6) is 5.75 Å². The van der Waals surface area contributed by atoms with Crippen LogP contribution >= 0.6 is 34.7 Å². The molecule has 1 unspecified atom stereocenters. The number of methoxy groups -OCH3 is 1. The number of amides is 1. The molecule has 0 fully saturated rings. The standard InChI is InChI=1S/C19H19ClN4O2S2/c1-11-13(20)7-6-9-14(11)22-18-23-24-19(28-18)27-12(2)17(25)21-15-8-4-5-10-16(15)26-3/h4-10,12H,1-3H3,(H,21,25)(H,22,23). The summed E-state index contributed by atoms with van der Waals surface area (Å²) in [6.45, 7) is 3.76. The highest BCUT2D eigenvalue weighted by Gasteiger charge is 2.19. The topological polar surface area (TPSA) is 76.1 Å². The van der Waals surface area contributed by atoms with Crippen LogP contribution in [0.15, 0.2) is 46.8 Å². The molecule has 6 nitrogen and oxygen atoms in total. The van der Waals surface area contributed by atoms with Crippen molar-refractivity contribution in [1.29, 1.82) is 0 Å². The fraction of sp³-hybridized carbons (Fsp3) is 0.211. The molecule has 1 amide bonds. The van der Waals surface area contributed by atoms with Crippen molar-refractivity contribution in [2.75, 3.05) is 17.7 Å². The maximum Gasteiger partial charge on any atom is 0.237 e. The van der Waals surface area contributed by atoms with Crippen molar-refractivity contribution in [3.63, 3.8) is 0 Å². The molecule has 28 heavy (non-hydrogen) atoms. The number of nitrogens with one attached hydrogen (secondary N) is 2. The number of benzene rings is 2. The molecule has 146 valence electrons. The van der Waals surface area contributed by atoms with Crippen molar-refractivity contribution in [1.82, 2.24) is 10.2 Å². The van der Waals surface area contributed by atoms with Crippen molar-refractivity contribution >= 4 is 57.1 Å². The number of nitrogens with zero attached hydrogens (tertiary/aromatic N) is 2. The molecule has 0 saturated heterocycles. The first kappa shape index (κ1) is 20.4. The largest absolute Gasteiger partial charge is 0.495 e. The van der Waals surface area contributed by atoms with Gasteiger partial charge in [0, 0.05) is 10.7 Å². The molecule has 2 aromatic carbocycles. The number of hydrogen-bond acceptors (Lipinski definition) is 7. The van der Waals surface area contributed by atoms with Gasteiger partial charge in [0.15, 0.2) is 4.34 Å². The number of rotatable bonds is 7. The van der Waals surface area contributed by atoms with Gasteiger partial charge in [-0.3, -0.25) is 4.79 Å². The summed E-state index contributed by atoms with van der Waals surface area (Å²) in [5.41, 5.74) is 2.46. The second-order valence-electron chi connectivity index (χ2n) is 5.86. The van der Waals surface area contributed by atoms with Crippen LogP contribution in [-0.4, -0.2) is 28.5 Å². The highest BCUT2D eigenvalue weighted by Crippen LogP contribution is 2.33. The molecule has 0 bridgehead atoms. The highest BCUT2D eigenvalue weighted by atomic mass is 35.5. The molecular formula is C19H19ClN4O2S2. The summed E-state index contributed by atoms with van der Waals surface area (Å²) in [4.78, 5) is 12.5. The zero-order valence-electron chi connectivity index (χ0n) is 15.5. The van der Waals surface area contributed by atoms with Crippen LogP contribution in [0.25, 0.3) is 0 Å². The first-order chi connectivity index (χ1) is 13.5. The molecule has 0 radical (unpaired) electrons. The summed E-state index contributed by atoms with van der Waals surface area (Å²) in [5, 5.41) is 15.4. The van der Waals surface area contributed by atoms with Crippen LogP contribution in [0, 0.1) is 6.92 Å². The second-order valence-corrected chi connectivity index (χ2v) is 8.83. The molecule has 0 aliphatic rings. The van der Waals surface area contributed by atoms with Gasteiger partial charge in [-0.1, -0.05) is 52.9 Å². The Kier molecular flexibility index (Phi) is 6.77. The Morgan fingerprint density at radius 2 is 1.93 bits per heavy atom. The van der Waals surface area contributed by atoms with Crippen LogP contribution in [0.3, 0.4) is 0 Å². The summed E-state index contributed by atoms with van der Waals surface area (Å²) in [5.74, 6) is 0.484. The summed E-state index contributed by atoms with van der Waals surface area (Å²) >= 11 is 8.88. The van der Waals surface area contributed by atoms with Gasteiger partial charge in [-0.15, -0.1) is 10.2 Å². The minimum atomic E-state index is -0.349. The number of thioether (sulfide) groups is 1. The number of carbonyl (C=O) groups is 1. The number of anilines is 3. The minimum Gasteiger partial charge on any atom is -0.495 e. The van der Waals surface area contributed by atoms with Gasteiger partial charge in [-0.05, 0) is 43.7 Å². The smallest absolute Gasteiger partial charge is 0.237 e. The number of para-hydroxylation sites is 2. The molecule has 9 heteroatoms. The molecule has 0 aliphatic carbocycles. The Bertz CT molecular complexity index is 980. The van der Waals surface area contributed by atoms with Gasteiger partial charge in [0.1, 0.15) is 5.75 Å². The summed E-state index contributed by atoms with van der Waals surface area (Å²) in [6.07, 6.45) is 0. The summed E-state index contributed by atoms with van der Waals surface area (Å²) in [6, 6.07) is 12.9. The highest BCUT2D eigenvalue weighted by molar-refractivity contribution is 8.02. The lowest BCUT2D eigenvalue weighted by Gasteiger charge is -2.12. The van der Waals surface area contributed by atoms with E-state index in [-0.39, 0.29) is 11.2 Å². The lowest BCUT2D eigenvalue weighted by molar-refractivity contribution is -0.115. The van der Waals surface area contributed by atoms with Gasteiger partial charge in [0.05, 0.1) is 18.0 Å². The van der Waals surface area contributed by atoms with Gasteiger partial charge in [-0.2, -0.15) is 0 Å². The normalized spacial score (nSPS) is 11.7. The minimum absolute atomic E-state index is 0.134. The zero-order valence-corrected chi connectivity index (χ0v) is 17.9. The SMILES string of the molecule is COc1ccccc1NC(=O)C(C)Sc1nnc(Nc2cccc(Cl)c2C)s1. The monoisotopic (exact) mass is 434 g/mol. The molecule has 3 rings (SSSR count). The maximum absolute atomic E-state index is 12.5. The van der Waals surface area contributed by atoms with E-state index in [1.807, 2.05) is 44.2 Å². The molecule has 0 aliphatic heterocycles. The molecule has 2 N–H and O–H groups in total. The van der Waals surface area contributed by atoms with E-state index >= 15 is 0 Å². The van der Waals surface area contributed by atoms with Crippen molar-refractivity contribution in [3.8, 4) is 5.75 Å². The van der Waals surface area contributed by atoms with E-state index in [1.54, 1.807) is 19.2 Å². The van der Waals surface area contributed by atoms with Crippen LogP contribution in [0.1, 0.15) is 12.5 Å². The van der Waals surface area contributed by atoms with E-state index in [4.69, 9.17) is 16.3 Å². The molecule has 0 saturated carbocycles. The van der Waals surface area contributed by atoms with E-state index < -0.39 is 0 Å². The first-order valence-electron chi connectivity index (χ1n) is 8.44. The molecule has 1 heterocycles. The van der Waals surface area contributed by atoms with Crippen molar-refractivity contribution in [2.45, 2.75) is 23.4 Å². The van der Waals surface area contributed by atoms with E-state index in [1.165, 1.54) is 23.1 Å². The Labute approximate surface area is 176 Å². The predicted molar refractivity (Wildman–Crippen MR) is 116 cm³/mol. The Balaban J connectivity index is 1.62. The van der Waals surface area contributed by atoms with Gasteiger partial charge in [0.25, 0.3) is 0 Å². The number of hydrogen-bond donors (Lipinski definition) is 2. The van der Waals surface area contributed by atoms with Gasteiger partial charge < -0.3 is 15.4 Å². The Morgan fingerprint density at radius 1 is 1.18 bits per heavy atom. The molecular weight excluding hydrogens is 416 g/mol. The fourth-order valence-corrected chi connectivity index (χ4v) is 4.44. The fourth-order valence-electron chi connectivity index (χ4n) is 2.35. The third kappa shape index (κ3) is 4.95. The molecule has 0 spiro atoms. The van der Waals surface area contributed by atoms with E-state index in [0.29, 0.717) is 25.9 Å². The predicted octanol–water partition coefficient (Wildman–Crippen LogP) is 5.37. The zero-order chi connectivity index (χ0) is 20.1. The number of halogens is 1. The number of carbonyl (C=O) groups excluding carboxylic acids is 1. The average molecular weight is 435 g/mol. The summed E-state index contributed by atoms with van der Waals surface area (Å²) < 4.78 is 5.96. The Hall–Kier alpha value is -2.29. The van der Waals surface area contributed by atoms with Crippen molar-refractivity contribution < 1.29 is 9.53 Å². The van der Waals surface area contributed by atoms with Crippen LogP contribution in [-0.2, 0) is 4.79 Å². The van der Waals surface area contributed by atoms with Gasteiger partial charge >= 0.3 is 0 Å². The lowest BCUT2D eigenvalue weighted by atomic mass is 10.2. The van der Waals surface area contributed by atoms with E-state index in [9.17, 15) is 4.79 Å². The quantitative estimate of drug-likeness (QED) is 0.487. The average Bonchev–Trinajstić information content (AvgIpc) is 3.12. The van der Waals surface area contributed by atoms with E-state index in [0.717, 1.165) is 11.3 Å². The number of ether oxygens (including phenoxy) is 1. The summed E-state index contributed by atoms with van der Waals surface area (Å²) in [7, 11) is 1.57. The van der Waals surface area contributed by atoms with Gasteiger partial charge in [0.2, 0.25) is 11.0 Å². The second kappa shape index (κ2) is 9.27. The first-order valence-corrected chi connectivity index (χ1v) is 10.5. The third-order valence-electron chi connectivity index (χ3n) is 3.93. The lowest BCUT2D eigenvalue weighted by Crippen LogP contribution is -2.22. The Morgan fingerprint density at radius 3 is 2.71 bits per heavy atom. The molecule has 1 aromatic heterocycles. The van der Waals surface area contributed by atoms with E-state index in [2.05, 4.69) is 20.8 Å². The van der Waals surface area contributed by atoms with Crippen molar-refractivity contribution in [3.05, 3.63) is 53.1 Å². The molecule has 3 aromatic rings. The van der Waals surface area contributed by atoms with Crippen LogP contribution in [0.4, 0.5) is 16.5 Å². The third-order valence-corrected chi connectivity index (χ3v) is 6.36. The number of aromatic nitrogens is 2. The maximum atomic E-state index is 12.5. The van der Waals surface area contributed by atoms with Gasteiger partial charge in [-0.25, -0.2) is 0 Å². The van der Waals surface area contributed by atoms with Crippen LogP contribution < -0.4 is 15.4 Å².